The maximum Gasteiger partial charge on any atom is 0.264 e. The summed E-state index contributed by atoms with van der Waals surface area (Å²) in [7, 11) is -7.91. The van der Waals surface area contributed by atoms with Gasteiger partial charge in [-0.2, -0.15) is 0 Å². The van der Waals surface area contributed by atoms with Gasteiger partial charge in [0.2, 0.25) is 5.91 Å². The van der Waals surface area contributed by atoms with E-state index in [-0.39, 0.29) is 9.79 Å². The highest BCUT2D eigenvalue weighted by Gasteiger charge is 2.27. The molecule has 1 amide bonds. The Morgan fingerprint density at radius 1 is 0.744 bits per heavy atom. The van der Waals surface area contributed by atoms with Gasteiger partial charge in [-0.25, -0.2) is 16.8 Å². The molecule has 0 aliphatic rings. The number of anilines is 3. The Morgan fingerprint density at radius 3 is 1.92 bits per heavy atom. The molecule has 0 bridgehead atoms. The molecule has 202 valence electrons. The minimum absolute atomic E-state index is 0.0197. The van der Waals surface area contributed by atoms with E-state index in [1.165, 1.54) is 36.4 Å². The molecule has 0 heterocycles. The maximum atomic E-state index is 13.4. The van der Waals surface area contributed by atoms with Crippen molar-refractivity contribution in [3.63, 3.8) is 0 Å². The molecule has 0 radical (unpaired) electrons. The van der Waals surface area contributed by atoms with Crippen LogP contribution in [0.15, 0.2) is 111 Å². The largest absolute Gasteiger partial charge is 0.325 e. The van der Waals surface area contributed by atoms with Crippen LogP contribution in [0.1, 0.15) is 11.1 Å². The number of carbonyl (C=O) groups is 1. The average Bonchev–Trinajstić information content (AvgIpc) is 2.91. The molecule has 39 heavy (non-hydrogen) atoms. The fraction of sp³-hybridized carbons (Fsp3) is 0.107. The fourth-order valence-electron chi connectivity index (χ4n) is 3.86. The van der Waals surface area contributed by atoms with Crippen molar-refractivity contribution in [2.24, 2.45) is 0 Å². The predicted octanol–water partition coefficient (Wildman–Crippen LogP) is 5.70. The molecule has 2 N–H and O–H groups in total. The number of nitrogens with zero attached hydrogens (tertiary/aromatic N) is 1. The number of carbonyl (C=O) groups excluding carboxylic acids is 1. The summed E-state index contributed by atoms with van der Waals surface area (Å²) >= 11 is 3.34. The highest BCUT2D eigenvalue weighted by molar-refractivity contribution is 9.10. The normalized spacial score (nSPS) is 11.6. The van der Waals surface area contributed by atoms with Gasteiger partial charge in [-0.1, -0.05) is 52.3 Å². The van der Waals surface area contributed by atoms with Crippen LogP contribution >= 0.6 is 15.9 Å². The Morgan fingerprint density at radius 2 is 1.33 bits per heavy atom. The summed E-state index contributed by atoms with van der Waals surface area (Å²) < 4.78 is 57.1. The molecule has 0 spiro atoms. The lowest BCUT2D eigenvalue weighted by atomic mass is 10.1. The monoisotopic (exact) mass is 627 g/mol. The molecule has 11 heteroatoms. The van der Waals surface area contributed by atoms with Crippen molar-refractivity contribution >= 4 is 58.9 Å². The van der Waals surface area contributed by atoms with Crippen molar-refractivity contribution in [3.05, 3.63) is 113 Å². The number of amides is 1. The minimum atomic E-state index is -4.05. The lowest BCUT2D eigenvalue weighted by Gasteiger charge is -2.24. The Bertz CT molecular complexity index is 1670. The summed E-state index contributed by atoms with van der Waals surface area (Å²) in [4.78, 5) is 13.0. The van der Waals surface area contributed by atoms with Gasteiger partial charge < -0.3 is 5.32 Å². The van der Waals surface area contributed by atoms with Crippen molar-refractivity contribution in [1.29, 1.82) is 0 Å². The van der Waals surface area contributed by atoms with Crippen LogP contribution in [0.25, 0.3) is 0 Å². The second kappa shape index (κ2) is 11.6. The van der Waals surface area contributed by atoms with Gasteiger partial charge in [0, 0.05) is 10.2 Å². The molecule has 4 aromatic rings. The van der Waals surface area contributed by atoms with Crippen LogP contribution in [0.3, 0.4) is 0 Å². The van der Waals surface area contributed by atoms with Crippen LogP contribution in [0.2, 0.25) is 0 Å². The van der Waals surface area contributed by atoms with E-state index >= 15 is 0 Å². The number of hydrogen-bond donors (Lipinski definition) is 2. The first-order chi connectivity index (χ1) is 18.5. The van der Waals surface area contributed by atoms with Crippen molar-refractivity contribution in [2.45, 2.75) is 23.6 Å². The van der Waals surface area contributed by atoms with Crippen molar-refractivity contribution in [2.75, 3.05) is 20.9 Å². The van der Waals surface area contributed by atoms with E-state index in [0.717, 1.165) is 19.9 Å². The van der Waals surface area contributed by atoms with Gasteiger partial charge in [0.25, 0.3) is 20.0 Å². The second-order valence-corrected chi connectivity index (χ2v) is 13.2. The molecule has 0 atom stereocenters. The first kappa shape index (κ1) is 28.3. The zero-order valence-electron chi connectivity index (χ0n) is 21.1. The first-order valence-electron chi connectivity index (χ1n) is 11.8. The van der Waals surface area contributed by atoms with Gasteiger partial charge in [-0.3, -0.25) is 13.8 Å². The summed E-state index contributed by atoms with van der Waals surface area (Å²) in [5, 5.41) is 2.65. The van der Waals surface area contributed by atoms with E-state index in [9.17, 15) is 21.6 Å². The van der Waals surface area contributed by atoms with E-state index in [0.29, 0.717) is 17.1 Å². The molecule has 0 fully saturated rings. The van der Waals surface area contributed by atoms with Gasteiger partial charge in [-0.05, 0) is 85.6 Å². The van der Waals surface area contributed by atoms with E-state index in [1.54, 1.807) is 42.5 Å². The van der Waals surface area contributed by atoms with Crippen LogP contribution in [-0.4, -0.2) is 29.3 Å². The van der Waals surface area contributed by atoms with E-state index in [2.05, 4.69) is 26.0 Å². The number of benzene rings is 4. The van der Waals surface area contributed by atoms with Gasteiger partial charge in [0.15, 0.2) is 0 Å². The Labute approximate surface area is 236 Å². The quantitative estimate of drug-likeness (QED) is 0.247. The molecule has 0 aromatic heterocycles. The third kappa shape index (κ3) is 6.67. The lowest BCUT2D eigenvalue weighted by Crippen LogP contribution is -2.38. The van der Waals surface area contributed by atoms with Crippen molar-refractivity contribution < 1.29 is 21.6 Å². The molecule has 4 aromatic carbocycles. The molecule has 0 unspecified atom stereocenters. The third-order valence-corrected chi connectivity index (χ3v) is 9.58. The number of halogens is 1. The minimum Gasteiger partial charge on any atom is -0.325 e. The standard InChI is InChI=1S/C28H26BrN3O5S2/c1-20-7-6-8-21(2)28(20)31-38(34,35)25-17-13-23(14-18-25)30-27(33)19-32(24-15-11-22(29)12-16-24)39(36,37)26-9-4-3-5-10-26/h3-18,31H,19H2,1-2H3,(H,30,33). The van der Waals surface area contributed by atoms with Crippen LogP contribution in [-0.2, 0) is 24.8 Å². The fourth-order valence-corrected chi connectivity index (χ4v) is 6.77. The highest BCUT2D eigenvalue weighted by Crippen LogP contribution is 2.26. The van der Waals surface area contributed by atoms with Crippen molar-refractivity contribution in [3.8, 4) is 0 Å². The molecular formula is C28H26BrN3O5S2. The number of hydrogen-bond acceptors (Lipinski definition) is 5. The molecule has 8 nitrogen and oxygen atoms in total. The summed E-state index contributed by atoms with van der Waals surface area (Å²) in [6.07, 6.45) is 0. The Kier molecular flexibility index (Phi) is 8.43. The smallest absolute Gasteiger partial charge is 0.264 e. The predicted molar refractivity (Wildman–Crippen MR) is 157 cm³/mol. The van der Waals surface area contributed by atoms with Crippen LogP contribution in [0.5, 0.6) is 0 Å². The van der Waals surface area contributed by atoms with E-state index in [4.69, 9.17) is 0 Å². The highest BCUT2D eigenvalue weighted by atomic mass is 79.9. The zero-order chi connectivity index (χ0) is 28.2. The number of aryl methyl sites for hydroxylation is 2. The van der Waals surface area contributed by atoms with E-state index in [1.807, 2.05) is 32.0 Å². The van der Waals surface area contributed by atoms with Gasteiger partial charge in [-0.15, -0.1) is 0 Å². The average molecular weight is 629 g/mol. The number of sulfonamides is 2. The topological polar surface area (TPSA) is 113 Å². The summed E-state index contributed by atoms with van der Waals surface area (Å²) in [6.45, 7) is 3.14. The van der Waals surface area contributed by atoms with Crippen LogP contribution in [0.4, 0.5) is 17.1 Å². The maximum absolute atomic E-state index is 13.4. The van der Waals surface area contributed by atoms with Gasteiger partial charge in [0.1, 0.15) is 6.54 Å². The Hall–Kier alpha value is -3.67. The summed E-state index contributed by atoms with van der Waals surface area (Å²) in [5.74, 6) is -0.596. The lowest BCUT2D eigenvalue weighted by molar-refractivity contribution is -0.114. The van der Waals surface area contributed by atoms with Gasteiger partial charge >= 0.3 is 0 Å². The van der Waals surface area contributed by atoms with Crippen molar-refractivity contribution in [1.82, 2.24) is 0 Å². The third-order valence-electron chi connectivity index (χ3n) is 5.90. The summed E-state index contributed by atoms with van der Waals surface area (Å²) in [5.41, 5.74) is 2.74. The molecule has 4 rings (SSSR count). The molecule has 0 saturated heterocycles. The molecule has 0 aliphatic heterocycles. The number of para-hydroxylation sites is 1. The summed E-state index contributed by atoms with van der Waals surface area (Å²) in [6, 6.07) is 25.6. The number of rotatable bonds is 9. The molecule has 0 aliphatic carbocycles. The van der Waals surface area contributed by atoms with Crippen LogP contribution in [0, 0.1) is 13.8 Å². The second-order valence-electron chi connectivity index (χ2n) is 8.75. The SMILES string of the molecule is Cc1cccc(C)c1NS(=O)(=O)c1ccc(NC(=O)CN(c2ccc(Br)cc2)S(=O)(=O)c2ccccc2)cc1. The zero-order valence-corrected chi connectivity index (χ0v) is 24.3. The first-order valence-corrected chi connectivity index (χ1v) is 15.5. The van der Waals surface area contributed by atoms with Gasteiger partial charge in [0.05, 0.1) is 21.2 Å². The van der Waals surface area contributed by atoms with E-state index < -0.39 is 32.5 Å². The Balaban J connectivity index is 1.53. The molecular weight excluding hydrogens is 602 g/mol. The number of nitrogens with one attached hydrogen (secondary N) is 2. The molecule has 0 saturated carbocycles. The van der Waals surface area contributed by atoms with Crippen LogP contribution < -0.4 is 14.3 Å².